The van der Waals surface area contributed by atoms with Crippen molar-refractivity contribution in [3.8, 4) is 0 Å². The fourth-order valence-electron chi connectivity index (χ4n) is 7.50. The number of carbonyl (C=O) groups excluding carboxylic acids is 2. The summed E-state index contributed by atoms with van der Waals surface area (Å²) in [7, 11) is 1.18. The number of nitrogens with zero attached hydrogens (tertiary/aromatic N) is 1. The fraction of sp³-hybridized carbons (Fsp3) is 0.849. The first-order valence-corrected chi connectivity index (χ1v) is 27.8. The maximum atomic E-state index is 13.4. The van der Waals surface area contributed by atoms with Gasteiger partial charge in [0.05, 0.1) is 33.8 Å². The van der Waals surface area contributed by atoms with Crippen molar-refractivity contribution in [1.29, 1.82) is 0 Å². The molecule has 0 saturated carbocycles. The number of hydrogen-bond donors (Lipinski definition) is 1. The van der Waals surface area contributed by atoms with Crippen LogP contribution in [-0.4, -0.2) is 69.4 Å². The molecule has 0 heterocycles. The lowest BCUT2D eigenvalue weighted by Crippen LogP contribution is -2.47. The lowest BCUT2D eigenvalue weighted by Gasteiger charge is -2.30. The van der Waals surface area contributed by atoms with Crippen molar-refractivity contribution in [3.05, 3.63) is 36.5 Å². The van der Waals surface area contributed by atoms with E-state index >= 15 is 0 Å². The third-order valence-electron chi connectivity index (χ3n) is 11.6. The van der Waals surface area contributed by atoms with Crippen LogP contribution in [-0.2, 0) is 27.9 Å². The van der Waals surface area contributed by atoms with E-state index in [1.807, 2.05) is 33.3 Å². The largest absolute Gasteiger partial charge is 0.756 e. The Morgan fingerprint density at radius 2 is 1.02 bits per heavy atom. The number of nitrogens with one attached hydrogen (secondary N) is 1. The van der Waals surface area contributed by atoms with Crippen LogP contribution in [0, 0.1) is 0 Å². The van der Waals surface area contributed by atoms with Gasteiger partial charge in [0, 0.05) is 12.8 Å². The zero-order chi connectivity index (χ0) is 46.5. The molecule has 1 N–H and O–H groups in total. The van der Waals surface area contributed by atoms with Crippen LogP contribution in [0.4, 0.5) is 0 Å². The number of ether oxygens (including phenoxy) is 1. The number of likely N-dealkylation sites (N-methyl/N-ethyl adjacent to an activating group) is 1. The van der Waals surface area contributed by atoms with E-state index < -0.39 is 20.0 Å². The molecular formula is C53H101N2O7P. The lowest BCUT2D eigenvalue weighted by molar-refractivity contribution is -0.870. The Labute approximate surface area is 389 Å². The van der Waals surface area contributed by atoms with E-state index in [0.717, 1.165) is 83.5 Å². The van der Waals surface area contributed by atoms with Crippen LogP contribution >= 0.6 is 7.82 Å². The Bertz CT molecular complexity index is 1180. The molecule has 10 heteroatoms. The molecule has 0 saturated heterocycles. The molecule has 0 rings (SSSR count). The van der Waals surface area contributed by atoms with Crippen molar-refractivity contribution in [2.45, 2.75) is 251 Å². The second-order valence-corrected chi connectivity index (χ2v) is 20.4. The molecule has 0 aromatic heterocycles. The van der Waals surface area contributed by atoms with Crippen LogP contribution in [0.25, 0.3) is 0 Å². The molecule has 0 spiro atoms. The highest BCUT2D eigenvalue weighted by Gasteiger charge is 2.27. The first-order chi connectivity index (χ1) is 30.4. The van der Waals surface area contributed by atoms with Crippen molar-refractivity contribution in [2.24, 2.45) is 0 Å². The summed E-state index contributed by atoms with van der Waals surface area (Å²) in [5, 5.41) is 3.01. The maximum absolute atomic E-state index is 13.4. The van der Waals surface area contributed by atoms with Gasteiger partial charge in [-0.2, -0.15) is 0 Å². The Hall–Kier alpha value is -1.77. The number of phosphoric ester groups is 1. The Morgan fingerprint density at radius 1 is 0.571 bits per heavy atom. The van der Waals surface area contributed by atoms with Gasteiger partial charge in [-0.15, -0.1) is 0 Å². The summed E-state index contributed by atoms with van der Waals surface area (Å²) in [6.07, 6.45) is 49.6. The van der Waals surface area contributed by atoms with Gasteiger partial charge in [-0.3, -0.25) is 14.2 Å². The average molecular weight is 909 g/mol. The number of amides is 1. The molecule has 9 nitrogen and oxygen atoms in total. The van der Waals surface area contributed by atoms with Crippen molar-refractivity contribution in [2.75, 3.05) is 40.9 Å². The van der Waals surface area contributed by atoms with Gasteiger partial charge < -0.3 is 28.5 Å². The van der Waals surface area contributed by atoms with Gasteiger partial charge in [-0.25, -0.2) is 0 Å². The first-order valence-electron chi connectivity index (χ1n) is 26.3. The summed E-state index contributed by atoms with van der Waals surface area (Å²) in [5.74, 6) is -0.547. The van der Waals surface area contributed by atoms with E-state index in [4.69, 9.17) is 13.8 Å². The molecule has 0 aromatic carbocycles. The second kappa shape index (κ2) is 44.1. The van der Waals surface area contributed by atoms with E-state index in [1.165, 1.54) is 122 Å². The van der Waals surface area contributed by atoms with Crippen LogP contribution in [0.15, 0.2) is 36.5 Å². The molecule has 0 aromatic rings. The van der Waals surface area contributed by atoms with Crippen LogP contribution in [0.1, 0.15) is 239 Å². The highest BCUT2D eigenvalue weighted by atomic mass is 31.2. The molecule has 63 heavy (non-hydrogen) atoms. The molecule has 1 amide bonds. The minimum Gasteiger partial charge on any atom is -0.756 e. The molecule has 3 atom stereocenters. The number of hydrogen-bond acceptors (Lipinski definition) is 7. The van der Waals surface area contributed by atoms with Gasteiger partial charge >= 0.3 is 5.97 Å². The van der Waals surface area contributed by atoms with Gasteiger partial charge in [0.1, 0.15) is 19.3 Å². The molecule has 0 aliphatic rings. The normalized spacial score (nSPS) is 14.2. The first kappa shape index (κ1) is 61.2. The Kier molecular flexibility index (Phi) is 42.8. The molecule has 370 valence electrons. The summed E-state index contributed by atoms with van der Waals surface area (Å²) in [6.45, 7) is 6.72. The van der Waals surface area contributed by atoms with Crippen LogP contribution in [0.3, 0.4) is 0 Å². The van der Waals surface area contributed by atoms with Gasteiger partial charge in [0.25, 0.3) is 7.82 Å². The average Bonchev–Trinajstić information content (AvgIpc) is 3.23. The molecule has 0 fully saturated rings. The van der Waals surface area contributed by atoms with Crippen molar-refractivity contribution < 1.29 is 37.3 Å². The minimum absolute atomic E-state index is 0.0224. The Morgan fingerprint density at radius 3 is 1.51 bits per heavy atom. The highest BCUT2D eigenvalue weighted by molar-refractivity contribution is 7.45. The zero-order valence-electron chi connectivity index (χ0n) is 42.0. The number of phosphoric acid groups is 1. The second-order valence-electron chi connectivity index (χ2n) is 19.0. The van der Waals surface area contributed by atoms with Crippen LogP contribution in [0.5, 0.6) is 0 Å². The van der Waals surface area contributed by atoms with Gasteiger partial charge in [0.2, 0.25) is 5.91 Å². The van der Waals surface area contributed by atoms with Crippen molar-refractivity contribution in [3.63, 3.8) is 0 Å². The monoisotopic (exact) mass is 909 g/mol. The molecule has 0 radical (unpaired) electrons. The molecule has 0 aliphatic heterocycles. The van der Waals surface area contributed by atoms with Crippen LogP contribution in [0.2, 0.25) is 0 Å². The quantitative estimate of drug-likeness (QED) is 0.0213. The van der Waals surface area contributed by atoms with E-state index in [2.05, 4.69) is 50.4 Å². The molecule has 0 bridgehead atoms. The fourth-order valence-corrected chi connectivity index (χ4v) is 8.22. The van der Waals surface area contributed by atoms with Crippen LogP contribution < -0.4 is 10.2 Å². The molecule has 0 aliphatic carbocycles. The summed E-state index contributed by atoms with van der Waals surface area (Å²) >= 11 is 0. The predicted molar refractivity (Wildman–Crippen MR) is 266 cm³/mol. The molecule has 3 unspecified atom stereocenters. The SMILES string of the molecule is CC/C=C/C/C=C/CCCCCCCCCC(=O)NC(COP(=O)([O-])OCC[N+](C)(C)C)C(/C=C/CCCCCCCCCCCC)OC(=O)CCCCCCCCCCCCC. The zero-order valence-corrected chi connectivity index (χ0v) is 42.9. The van der Waals surface area contributed by atoms with E-state index in [9.17, 15) is 19.0 Å². The third kappa shape index (κ3) is 45.2. The van der Waals surface area contributed by atoms with E-state index in [1.54, 1.807) is 0 Å². The number of quaternary nitrogens is 1. The van der Waals surface area contributed by atoms with Gasteiger partial charge in [-0.1, -0.05) is 205 Å². The summed E-state index contributed by atoms with van der Waals surface area (Å²) < 4.78 is 30.1. The van der Waals surface area contributed by atoms with E-state index in [-0.39, 0.29) is 31.5 Å². The van der Waals surface area contributed by atoms with Gasteiger partial charge in [-0.05, 0) is 57.4 Å². The number of allylic oxidation sites excluding steroid dienone is 5. The summed E-state index contributed by atoms with van der Waals surface area (Å²) in [6, 6.07) is -0.885. The number of carbonyl (C=O) groups is 2. The summed E-state index contributed by atoms with van der Waals surface area (Å²) in [5.41, 5.74) is 0. The lowest BCUT2D eigenvalue weighted by atomic mass is 10.0. The summed E-state index contributed by atoms with van der Waals surface area (Å²) in [4.78, 5) is 39.6. The number of rotatable bonds is 47. The number of unbranched alkanes of at least 4 members (excludes halogenated alkanes) is 27. The maximum Gasteiger partial charge on any atom is 0.306 e. The topological polar surface area (TPSA) is 114 Å². The predicted octanol–water partition coefficient (Wildman–Crippen LogP) is 14.6. The third-order valence-corrected chi connectivity index (χ3v) is 12.5. The standard InChI is InChI=1S/C53H101N2O7P/c1-7-10-13-16-19-22-25-27-28-31-33-36-39-42-45-52(56)54-50(49-61-63(58,59)60-48-47-55(4,5)6)51(44-41-38-35-32-30-26-23-20-17-14-11-8-2)62-53(57)46-43-40-37-34-29-24-21-18-15-12-9-3/h10,13,19,22,41,44,50-51H,7-9,11-12,14-18,20-21,23-40,42-43,45-49H2,1-6H3,(H-,54,56,58,59)/b13-10+,22-19+,44-41+. The van der Waals surface area contributed by atoms with Gasteiger partial charge in [0.15, 0.2) is 0 Å². The van der Waals surface area contributed by atoms with E-state index in [0.29, 0.717) is 17.4 Å². The number of esters is 1. The minimum atomic E-state index is -4.68. The highest BCUT2D eigenvalue weighted by Crippen LogP contribution is 2.38. The Balaban J connectivity index is 5.42. The smallest absolute Gasteiger partial charge is 0.306 e. The van der Waals surface area contributed by atoms with Crippen molar-refractivity contribution in [1.82, 2.24) is 5.32 Å². The van der Waals surface area contributed by atoms with Crippen molar-refractivity contribution >= 4 is 19.7 Å². The molecular weight excluding hydrogens is 808 g/mol.